The number of para-hydroxylation sites is 1. The molecule has 7 heteroatoms. The van der Waals surface area contributed by atoms with Crippen molar-refractivity contribution >= 4 is 11.6 Å². The molecule has 0 radical (unpaired) electrons. The number of hydrogen-bond donors (Lipinski definition) is 2. The summed E-state index contributed by atoms with van der Waals surface area (Å²) in [5, 5.41) is 20.1. The van der Waals surface area contributed by atoms with Crippen LogP contribution in [-0.2, 0) is 4.79 Å². The number of halogens is 2. The summed E-state index contributed by atoms with van der Waals surface area (Å²) in [7, 11) is 0. The average molecular weight is 283 g/mol. The van der Waals surface area contributed by atoms with Gasteiger partial charge in [-0.05, 0) is 12.1 Å². The maximum absolute atomic E-state index is 12.3. The number of aliphatic hydroxyl groups excluding tert-OH is 1. The van der Waals surface area contributed by atoms with E-state index in [1.807, 2.05) is 6.07 Å². The minimum atomic E-state index is -2.58. The summed E-state index contributed by atoms with van der Waals surface area (Å²) in [6.07, 6.45) is -2.58. The number of alkyl halides is 2. The minimum Gasteiger partial charge on any atom is -0.395 e. The molecule has 2 N–H and O–H groups in total. The Labute approximate surface area is 115 Å². The molecule has 0 atom stereocenters. The van der Waals surface area contributed by atoms with Crippen LogP contribution in [0.25, 0.3) is 0 Å². The minimum absolute atomic E-state index is 0.0162. The third-order valence-corrected chi connectivity index (χ3v) is 2.50. The Morgan fingerprint density at radius 3 is 2.75 bits per heavy atom. The molecule has 108 valence electrons. The van der Waals surface area contributed by atoms with E-state index in [0.29, 0.717) is 11.3 Å². The third-order valence-electron chi connectivity index (χ3n) is 2.50. The Morgan fingerprint density at radius 1 is 1.45 bits per heavy atom. The van der Waals surface area contributed by atoms with Crippen LogP contribution in [0.5, 0.6) is 0 Å². The molecule has 20 heavy (non-hydrogen) atoms. The SMILES string of the molecule is N#Cc1ccccc1NC(=O)CN(CCO)CC(F)F. The molecule has 0 aliphatic rings. The van der Waals surface area contributed by atoms with Crippen molar-refractivity contribution in [3.8, 4) is 6.07 Å². The number of aliphatic hydroxyl groups is 1. The number of carbonyl (C=O) groups is 1. The molecule has 0 aromatic heterocycles. The van der Waals surface area contributed by atoms with Crippen molar-refractivity contribution in [1.29, 1.82) is 5.26 Å². The maximum atomic E-state index is 12.3. The molecule has 0 bridgehead atoms. The van der Waals surface area contributed by atoms with E-state index in [9.17, 15) is 13.6 Å². The van der Waals surface area contributed by atoms with Gasteiger partial charge >= 0.3 is 0 Å². The van der Waals surface area contributed by atoms with Crippen LogP contribution in [0.2, 0.25) is 0 Å². The molecule has 0 saturated carbocycles. The van der Waals surface area contributed by atoms with Gasteiger partial charge in [-0.25, -0.2) is 8.78 Å². The highest BCUT2D eigenvalue weighted by Gasteiger charge is 2.15. The molecule has 0 aliphatic carbocycles. The number of amides is 1. The summed E-state index contributed by atoms with van der Waals surface area (Å²) in [6.45, 7) is -1.19. The number of carbonyl (C=O) groups excluding carboxylic acids is 1. The second-order valence-electron chi connectivity index (χ2n) is 4.06. The van der Waals surface area contributed by atoms with E-state index in [0.717, 1.165) is 4.90 Å². The van der Waals surface area contributed by atoms with Crippen molar-refractivity contribution in [1.82, 2.24) is 4.90 Å². The zero-order valence-electron chi connectivity index (χ0n) is 10.7. The monoisotopic (exact) mass is 283 g/mol. The van der Waals surface area contributed by atoms with Gasteiger partial charge in [-0.2, -0.15) is 5.26 Å². The summed E-state index contributed by atoms with van der Waals surface area (Å²) in [5.41, 5.74) is 0.629. The predicted molar refractivity (Wildman–Crippen MR) is 69.3 cm³/mol. The van der Waals surface area contributed by atoms with Crippen molar-refractivity contribution in [3.05, 3.63) is 29.8 Å². The van der Waals surface area contributed by atoms with Gasteiger partial charge in [0.15, 0.2) is 0 Å². The zero-order valence-corrected chi connectivity index (χ0v) is 10.7. The fraction of sp³-hybridized carbons (Fsp3) is 0.385. The fourth-order valence-corrected chi connectivity index (χ4v) is 1.65. The lowest BCUT2D eigenvalue weighted by molar-refractivity contribution is -0.117. The molecular formula is C13H15F2N3O2. The number of nitriles is 1. The molecule has 1 rings (SSSR count). The van der Waals surface area contributed by atoms with Gasteiger partial charge in [0, 0.05) is 6.54 Å². The van der Waals surface area contributed by atoms with E-state index in [-0.39, 0.29) is 19.7 Å². The Morgan fingerprint density at radius 2 is 2.15 bits per heavy atom. The van der Waals surface area contributed by atoms with Crippen LogP contribution in [0.3, 0.4) is 0 Å². The van der Waals surface area contributed by atoms with Crippen LogP contribution in [0.4, 0.5) is 14.5 Å². The quantitative estimate of drug-likeness (QED) is 0.784. The molecule has 1 amide bonds. The summed E-state index contributed by atoms with van der Waals surface area (Å²) in [4.78, 5) is 12.9. The third kappa shape index (κ3) is 5.30. The molecule has 1 aromatic carbocycles. The summed E-state index contributed by atoms with van der Waals surface area (Å²) < 4.78 is 24.6. The first-order chi connectivity index (χ1) is 9.56. The van der Waals surface area contributed by atoms with Gasteiger partial charge in [0.1, 0.15) is 6.07 Å². The van der Waals surface area contributed by atoms with E-state index in [1.165, 1.54) is 0 Å². The predicted octanol–water partition coefficient (Wildman–Crippen LogP) is 1.06. The van der Waals surface area contributed by atoms with E-state index in [2.05, 4.69) is 5.32 Å². The first kappa shape index (κ1) is 16.0. The molecular weight excluding hydrogens is 268 g/mol. The number of hydrogen-bond acceptors (Lipinski definition) is 4. The molecule has 5 nitrogen and oxygen atoms in total. The highest BCUT2D eigenvalue weighted by Crippen LogP contribution is 2.13. The van der Waals surface area contributed by atoms with E-state index < -0.39 is 18.9 Å². The van der Waals surface area contributed by atoms with Gasteiger partial charge in [-0.3, -0.25) is 9.69 Å². The second-order valence-corrected chi connectivity index (χ2v) is 4.06. The van der Waals surface area contributed by atoms with Crippen LogP contribution in [0.15, 0.2) is 24.3 Å². The molecule has 1 aromatic rings. The number of nitrogens with zero attached hydrogens (tertiary/aromatic N) is 2. The Bertz CT molecular complexity index is 489. The molecule has 0 spiro atoms. The van der Waals surface area contributed by atoms with Gasteiger partial charge < -0.3 is 10.4 Å². The van der Waals surface area contributed by atoms with Gasteiger partial charge in [0.05, 0.1) is 30.9 Å². The number of anilines is 1. The number of benzene rings is 1. The van der Waals surface area contributed by atoms with Crippen LogP contribution in [0.1, 0.15) is 5.56 Å². The van der Waals surface area contributed by atoms with Crippen LogP contribution >= 0.6 is 0 Å². The average Bonchev–Trinajstić information content (AvgIpc) is 2.38. The van der Waals surface area contributed by atoms with Crippen molar-refractivity contribution in [2.24, 2.45) is 0 Å². The molecule has 0 heterocycles. The lowest BCUT2D eigenvalue weighted by Crippen LogP contribution is -2.38. The van der Waals surface area contributed by atoms with Crippen molar-refractivity contribution in [2.45, 2.75) is 6.43 Å². The topological polar surface area (TPSA) is 76.4 Å². The van der Waals surface area contributed by atoms with Crippen molar-refractivity contribution in [3.63, 3.8) is 0 Å². The largest absolute Gasteiger partial charge is 0.395 e. The summed E-state index contributed by atoms with van der Waals surface area (Å²) in [5.74, 6) is -0.512. The highest BCUT2D eigenvalue weighted by molar-refractivity contribution is 5.93. The Kier molecular flexibility index (Phi) is 6.56. The van der Waals surface area contributed by atoms with Crippen LogP contribution in [-0.4, -0.2) is 48.6 Å². The zero-order chi connectivity index (χ0) is 15.0. The maximum Gasteiger partial charge on any atom is 0.251 e. The standard InChI is InChI=1S/C13H15F2N3O2/c14-12(15)8-18(5-6-19)9-13(20)17-11-4-2-1-3-10(11)7-16/h1-4,12,19H,5-6,8-9H2,(H,17,20). The normalized spacial score (nSPS) is 10.6. The molecule has 0 unspecified atom stereocenters. The number of rotatable bonds is 7. The molecule has 0 fully saturated rings. The van der Waals surface area contributed by atoms with Gasteiger partial charge in [-0.1, -0.05) is 12.1 Å². The fourth-order valence-electron chi connectivity index (χ4n) is 1.65. The van der Waals surface area contributed by atoms with E-state index in [1.54, 1.807) is 24.3 Å². The smallest absolute Gasteiger partial charge is 0.251 e. The van der Waals surface area contributed by atoms with Crippen molar-refractivity contribution < 1.29 is 18.7 Å². The Balaban J connectivity index is 2.63. The molecule has 0 aliphatic heterocycles. The van der Waals surface area contributed by atoms with Crippen molar-refractivity contribution in [2.75, 3.05) is 31.6 Å². The second kappa shape index (κ2) is 8.19. The summed E-state index contributed by atoms with van der Waals surface area (Å²) in [6, 6.07) is 8.33. The van der Waals surface area contributed by atoms with Gasteiger partial charge in [-0.15, -0.1) is 0 Å². The van der Waals surface area contributed by atoms with Crippen LogP contribution in [0, 0.1) is 11.3 Å². The van der Waals surface area contributed by atoms with Gasteiger partial charge in [0.2, 0.25) is 5.91 Å². The van der Waals surface area contributed by atoms with Gasteiger partial charge in [0.25, 0.3) is 6.43 Å². The van der Waals surface area contributed by atoms with Crippen LogP contribution < -0.4 is 5.32 Å². The lowest BCUT2D eigenvalue weighted by atomic mass is 10.2. The summed E-state index contributed by atoms with van der Waals surface area (Å²) >= 11 is 0. The molecule has 0 saturated heterocycles. The lowest BCUT2D eigenvalue weighted by Gasteiger charge is -2.20. The Hall–Kier alpha value is -2.04. The highest BCUT2D eigenvalue weighted by atomic mass is 19.3. The first-order valence-corrected chi connectivity index (χ1v) is 5.97. The van der Waals surface area contributed by atoms with E-state index in [4.69, 9.17) is 10.4 Å². The number of nitrogens with one attached hydrogen (secondary N) is 1. The first-order valence-electron chi connectivity index (χ1n) is 5.97. The van der Waals surface area contributed by atoms with E-state index >= 15 is 0 Å².